The maximum Gasteiger partial charge on any atom is 0.328 e. The Balaban J connectivity index is 2.86. The largest absolute Gasteiger partial charge is 0.464 e. The molecule has 18 heavy (non-hydrogen) atoms. The molecule has 1 atom stereocenters. The van der Waals surface area contributed by atoms with Crippen LogP contribution in [0.5, 0.6) is 0 Å². The number of anilines is 1. The molecule has 1 rings (SSSR count). The van der Waals surface area contributed by atoms with Crippen molar-refractivity contribution in [1.82, 2.24) is 0 Å². The van der Waals surface area contributed by atoms with Gasteiger partial charge in [0.2, 0.25) is 0 Å². The lowest BCUT2D eigenvalue weighted by molar-refractivity contribution is -0.145. The fourth-order valence-corrected chi connectivity index (χ4v) is 1.66. The van der Waals surface area contributed by atoms with Crippen LogP contribution in [-0.2, 0) is 9.53 Å². The van der Waals surface area contributed by atoms with Gasteiger partial charge in [0.1, 0.15) is 11.9 Å². The van der Waals surface area contributed by atoms with Crippen molar-refractivity contribution in [1.29, 1.82) is 0 Å². The van der Waals surface area contributed by atoms with Gasteiger partial charge in [0.15, 0.2) is 0 Å². The van der Waals surface area contributed by atoms with E-state index in [-0.39, 0.29) is 17.6 Å². The van der Waals surface area contributed by atoms with Crippen LogP contribution in [0.2, 0.25) is 5.02 Å². The topological polar surface area (TPSA) is 38.3 Å². The zero-order valence-electron chi connectivity index (χ0n) is 10.7. The van der Waals surface area contributed by atoms with E-state index < -0.39 is 11.9 Å². The van der Waals surface area contributed by atoms with Gasteiger partial charge < -0.3 is 10.1 Å². The molecule has 0 radical (unpaired) electrons. The van der Waals surface area contributed by atoms with Crippen LogP contribution in [0.25, 0.3) is 0 Å². The van der Waals surface area contributed by atoms with Gasteiger partial charge in [-0.25, -0.2) is 9.18 Å². The van der Waals surface area contributed by atoms with Gasteiger partial charge in [-0.15, -0.1) is 0 Å². The number of carbonyl (C=O) groups is 1. The highest BCUT2D eigenvalue weighted by molar-refractivity contribution is 6.30. The third kappa shape index (κ3) is 3.88. The summed E-state index contributed by atoms with van der Waals surface area (Å²) in [5.41, 5.74) is 0.242. The molecule has 0 saturated heterocycles. The molecule has 5 heteroatoms. The van der Waals surface area contributed by atoms with Crippen molar-refractivity contribution in [3.05, 3.63) is 29.0 Å². The minimum absolute atomic E-state index is 0.0147. The summed E-state index contributed by atoms with van der Waals surface area (Å²) in [5, 5.41) is 3.17. The van der Waals surface area contributed by atoms with Crippen molar-refractivity contribution in [3.8, 4) is 0 Å². The van der Waals surface area contributed by atoms with Gasteiger partial charge in [0.25, 0.3) is 0 Å². The molecule has 0 aliphatic heterocycles. The first kappa shape index (κ1) is 14.8. The summed E-state index contributed by atoms with van der Waals surface area (Å²) in [6, 6.07) is 3.69. The third-order valence-corrected chi connectivity index (χ3v) is 2.68. The average Bonchev–Trinajstić information content (AvgIpc) is 2.27. The molecule has 0 aliphatic rings. The number of carbonyl (C=O) groups excluding carboxylic acids is 1. The van der Waals surface area contributed by atoms with Gasteiger partial charge in [-0.1, -0.05) is 25.4 Å². The molecular weight excluding hydrogens is 257 g/mol. The molecule has 0 spiro atoms. The number of rotatable bonds is 5. The quantitative estimate of drug-likeness (QED) is 0.835. The number of esters is 1. The van der Waals surface area contributed by atoms with Crippen molar-refractivity contribution in [3.63, 3.8) is 0 Å². The lowest BCUT2D eigenvalue weighted by Crippen LogP contribution is -2.36. The first-order valence-electron chi connectivity index (χ1n) is 5.84. The molecule has 0 bridgehead atoms. The van der Waals surface area contributed by atoms with Crippen LogP contribution in [0, 0.1) is 11.7 Å². The third-order valence-electron chi connectivity index (χ3n) is 2.45. The van der Waals surface area contributed by atoms with Crippen molar-refractivity contribution in [2.75, 3.05) is 11.9 Å². The summed E-state index contributed by atoms with van der Waals surface area (Å²) >= 11 is 5.67. The van der Waals surface area contributed by atoms with Crippen molar-refractivity contribution in [2.45, 2.75) is 26.8 Å². The van der Waals surface area contributed by atoms with E-state index in [1.54, 1.807) is 13.0 Å². The monoisotopic (exact) mass is 273 g/mol. The van der Waals surface area contributed by atoms with E-state index in [0.29, 0.717) is 11.6 Å². The SMILES string of the molecule is CCOC(=O)C(Nc1ccc(Cl)cc1F)C(C)C. The van der Waals surface area contributed by atoms with Crippen LogP contribution in [0.4, 0.5) is 10.1 Å². The van der Waals surface area contributed by atoms with E-state index in [2.05, 4.69) is 5.32 Å². The van der Waals surface area contributed by atoms with Gasteiger partial charge in [0, 0.05) is 5.02 Å². The summed E-state index contributed by atoms with van der Waals surface area (Å²) in [6.07, 6.45) is 0. The van der Waals surface area contributed by atoms with Gasteiger partial charge in [-0.3, -0.25) is 0 Å². The zero-order valence-corrected chi connectivity index (χ0v) is 11.4. The second-order valence-electron chi connectivity index (χ2n) is 4.24. The predicted octanol–water partition coefficient (Wildman–Crippen LogP) is 3.48. The Bertz CT molecular complexity index is 423. The lowest BCUT2D eigenvalue weighted by Gasteiger charge is -2.21. The molecule has 0 aromatic heterocycles. The molecule has 0 fully saturated rings. The highest BCUT2D eigenvalue weighted by Crippen LogP contribution is 2.21. The summed E-state index contributed by atoms with van der Waals surface area (Å²) in [7, 11) is 0. The highest BCUT2D eigenvalue weighted by atomic mass is 35.5. The average molecular weight is 274 g/mol. The summed E-state index contributed by atoms with van der Waals surface area (Å²) < 4.78 is 18.6. The second-order valence-corrected chi connectivity index (χ2v) is 4.68. The number of ether oxygens (including phenoxy) is 1. The number of benzene rings is 1. The first-order chi connectivity index (χ1) is 8.45. The van der Waals surface area contributed by atoms with Crippen LogP contribution in [0.1, 0.15) is 20.8 Å². The highest BCUT2D eigenvalue weighted by Gasteiger charge is 2.24. The molecule has 0 heterocycles. The Morgan fingerprint density at radius 3 is 2.67 bits per heavy atom. The van der Waals surface area contributed by atoms with E-state index in [1.807, 2.05) is 13.8 Å². The van der Waals surface area contributed by atoms with Crippen molar-refractivity contribution < 1.29 is 13.9 Å². The Morgan fingerprint density at radius 2 is 2.17 bits per heavy atom. The van der Waals surface area contributed by atoms with Gasteiger partial charge in [-0.2, -0.15) is 0 Å². The molecule has 1 unspecified atom stereocenters. The van der Waals surface area contributed by atoms with E-state index in [1.165, 1.54) is 12.1 Å². The van der Waals surface area contributed by atoms with Crippen LogP contribution < -0.4 is 5.32 Å². The molecule has 0 aliphatic carbocycles. The van der Waals surface area contributed by atoms with Crippen LogP contribution in [0.15, 0.2) is 18.2 Å². The minimum Gasteiger partial charge on any atom is -0.464 e. The fraction of sp³-hybridized carbons (Fsp3) is 0.462. The Labute approximate surface area is 111 Å². The van der Waals surface area contributed by atoms with Gasteiger partial charge in [0.05, 0.1) is 12.3 Å². The molecule has 100 valence electrons. The standard InChI is InChI=1S/C13H17ClFNO2/c1-4-18-13(17)12(8(2)3)16-11-6-5-9(14)7-10(11)15/h5-8,12,16H,4H2,1-3H3. The second kappa shape index (κ2) is 6.59. The predicted molar refractivity (Wildman–Crippen MR) is 70.3 cm³/mol. The summed E-state index contributed by atoms with van der Waals surface area (Å²) in [6.45, 7) is 5.76. The number of hydrogen-bond donors (Lipinski definition) is 1. The number of nitrogens with one attached hydrogen (secondary N) is 1. The molecule has 3 nitrogen and oxygen atoms in total. The Morgan fingerprint density at radius 1 is 1.50 bits per heavy atom. The summed E-state index contributed by atoms with van der Waals surface area (Å²) in [5.74, 6) is -0.890. The maximum atomic E-state index is 13.6. The zero-order chi connectivity index (χ0) is 13.7. The van der Waals surface area contributed by atoms with Gasteiger partial charge in [-0.05, 0) is 31.0 Å². The van der Waals surface area contributed by atoms with E-state index >= 15 is 0 Å². The lowest BCUT2D eigenvalue weighted by atomic mass is 10.0. The normalized spacial score (nSPS) is 12.3. The van der Waals surface area contributed by atoms with Crippen LogP contribution in [-0.4, -0.2) is 18.6 Å². The van der Waals surface area contributed by atoms with Crippen LogP contribution in [0.3, 0.4) is 0 Å². The number of halogens is 2. The van der Waals surface area contributed by atoms with Gasteiger partial charge >= 0.3 is 5.97 Å². The fourth-order valence-electron chi connectivity index (χ4n) is 1.50. The van der Waals surface area contributed by atoms with E-state index in [4.69, 9.17) is 16.3 Å². The molecule has 1 N–H and O–H groups in total. The molecule has 0 amide bonds. The molecular formula is C13H17ClFNO2. The van der Waals surface area contributed by atoms with Crippen molar-refractivity contribution in [2.24, 2.45) is 5.92 Å². The van der Waals surface area contributed by atoms with Crippen molar-refractivity contribution >= 4 is 23.3 Å². The Hall–Kier alpha value is -1.29. The van der Waals surface area contributed by atoms with E-state index in [0.717, 1.165) is 0 Å². The van der Waals surface area contributed by atoms with E-state index in [9.17, 15) is 9.18 Å². The van der Waals surface area contributed by atoms with Crippen LogP contribution >= 0.6 is 11.6 Å². The minimum atomic E-state index is -0.583. The smallest absolute Gasteiger partial charge is 0.328 e. The molecule has 0 saturated carbocycles. The number of hydrogen-bond acceptors (Lipinski definition) is 3. The maximum absolute atomic E-state index is 13.6. The summed E-state index contributed by atoms with van der Waals surface area (Å²) in [4.78, 5) is 11.7. The Kier molecular flexibility index (Phi) is 5.41. The molecule has 1 aromatic rings. The molecule has 1 aromatic carbocycles. The first-order valence-corrected chi connectivity index (χ1v) is 6.21.